The number of carbonyl (C=O) groups is 1. The Bertz CT molecular complexity index is 860. The van der Waals surface area contributed by atoms with Crippen LogP contribution in [0.15, 0.2) is 78.9 Å². The van der Waals surface area contributed by atoms with Gasteiger partial charge in [-0.3, -0.25) is 4.79 Å². The van der Waals surface area contributed by atoms with Gasteiger partial charge in [-0.05, 0) is 48.4 Å². The molecular weight excluding hydrogens is 338 g/mol. The van der Waals surface area contributed by atoms with E-state index in [1.807, 2.05) is 73.7 Å². The van der Waals surface area contributed by atoms with E-state index in [9.17, 15) is 4.79 Å². The molecule has 0 unspecified atom stereocenters. The van der Waals surface area contributed by atoms with Crippen LogP contribution in [0.2, 0.25) is 0 Å². The lowest BCUT2D eigenvalue weighted by Gasteiger charge is -2.12. The molecule has 27 heavy (non-hydrogen) atoms. The Morgan fingerprint density at radius 3 is 2.30 bits per heavy atom. The second-order valence-corrected chi connectivity index (χ2v) is 6.06. The van der Waals surface area contributed by atoms with Crippen LogP contribution in [0.3, 0.4) is 0 Å². The molecule has 0 aliphatic carbocycles. The van der Waals surface area contributed by atoms with Gasteiger partial charge in [0, 0.05) is 12.1 Å². The molecular formula is C23H23NO3. The smallest absolute Gasteiger partial charge is 0.262 e. The lowest BCUT2D eigenvalue weighted by molar-refractivity contribution is -0.118. The lowest BCUT2D eigenvalue weighted by Crippen LogP contribution is -2.20. The quantitative estimate of drug-likeness (QED) is 0.633. The first-order chi connectivity index (χ1) is 13.2. The summed E-state index contributed by atoms with van der Waals surface area (Å²) >= 11 is 0. The zero-order valence-electron chi connectivity index (χ0n) is 15.4. The van der Waals surface area contributed by atoms with Gasteiger partial charge >= 0.3 is 0 Å². The third-order valence-corrected chi connectivity index (χ3v) is 4.02. The fourth-order valence-corrected chi connectivity index (χ4v) is 2.75. The van der Waals surface area contributed by atoms with Gasteiger partial charge in [-0.1, -0.05) is 48.5 Å². The minimum Gasteiger partial charge on any atom is -0.494 e. The largest absolute Gasteiger partial charge is 0.494 e. The summed E-state index contributed by atoms with van der Waals surface area (Å²) in [6.45, 7) is 2.50. The van der Waals surface area contributed by atoms with E-state index in [0.29, 0.717) is 12.3 Å². The van der Waals surface area contributed by atoms with Crippen molar-refractivity contribution in [1.82, 2.24) is 0 Å². The summed E-state index contributed by atoms with van der Waals surface area (Å²) in [6.07, 6.45) is 0.761. The minimum atomic E-state index is -0.200. The summed E-state index contributed by atoms with van der Waals surface area (Å²) in [5, 5.41) is 2.83. The van der Waals surface area contributed by atoms with E-state index in [1.54, 1.807) is 0 Å². The molecule has 4 heteroatoms. The van der Waals surface area contributed by atoms with E-state index in [-0.39, 0.29) is 12.5 Å². The van der Waals surface area contributed by atoms with E-state index < -0.39 is 0 Å². The molecule has 4 nitrogen and oxygen atoms in total. The summed E-state index contributed by atoms with van der Waals surface area (Å²) in [4.78, 5) is 12.2. The number of ether oxygens (including phenoxy) is 2. The van der Waals surface area contributed by atoms with Crippen LogP contribution in [0.25, 0.3) is 0 Å². The number of para-hydroxylation sites is 1. The number of hydrogen-bond acceptors (Lipinski definition) is 3. The zero-order valence-corrected chi connectivity index (χ0v) is 15.4. The molecule has 0 bridgehead atoms. The van der Waals surface area contributed by atoms with Gasteiger partial charge in [0.15, 0.2) is 6.61 Å². The molecule has 0 heterocycles. The predicted molar refractivity (Wildman–Crippen MR) is 107 cm³/mol. The first kappa shape index (κ1) is 18.5. The van der Waals surface area contributed by atoms with Gasteiger partial charge in [-0.15, -0.1) is 0 Å². The standard InChI is InChI=1S/C23H23NO3/c1-2-26-21-14-12-20(13-15-21)24-23(25)17-27-22-11-7-6-10-19(22)16-18-8-4-3-5-9-18/h3-15H,2,16-17H2,1H3,(H,24,25). The maximum atomic E-state index is 12.2. The van der Waals surface area contributed by atoms with Gasteiger partial charge in [0.05, 0.1) is 6.61 Å². The third kappa shape index (κ3) is 5.61. The van der Waals surface area contributed by atoms with E-state index >= 15 is 0 Å². The Balaban J connectivity index is 1.57. The van der Waals surface area contributed by atoms with E-state index in [2.05, 4.69) is 17.4 Å². The molecule has 0 atom stereocenters. The summed E-state index contributed by atoms with van der Waals surface area (Å²) in [5.74, 6) is 1.30. The van der Waals surface area contributed by atoms with Crippen LogP contribution in [0, 0.1) is 0 Å². The van der Waals surface area contributed by atoms with Crippen molar-refractivity contribution >= 4 is 11.6 Å². The highest BCUT2D eigenvalue weighted by Gasteiger charge is 2.08. The van der Waals surface area contributed by atoms with E-state index in [4.69, 9.17) is 9.47 Å². The topological polar surface area (TPSA) is 47.6 Å². The number of hydrogen-bond donors (Lipinski definition) is 1. The Hall–Kier alpha value is -3.27. The molecule has 1 N–H and O–H groups in total. The highest BCUT2D eigenvalue weighted by Crippen LogP contribution is 2.21. The van der Waals surface area contributed by atoms with Crippen molar-refractivity contribution in [3.05, 3.63) is 90.0 Å². The van der Waals surface area contributed by atoms with Crippen LogP contribution in [0.4, 0.5) is 5.69 Å². The second-order valence-electron chi connectivity index (χ2n) is 6.06. The zero-order chi connectivity index (χ0) is 18.9. The van der Waals surface area contributed by atoms with E-state index in [1.165, 1.54) is 5.56 Å². The number of carbonyl (C=O) groups excluding carboxylic acids is 1. The fraction of sp³-hybridized carbons (Fsp3) is 0.174. The average molecular weight is 361 g/mol. The van der Waals surface area contributed by atoms with Gasteiger partial charge in [-0.25, -0.2) is 0 Å². The maximum absolute atomic E-state index is 12.2. The van der Waals surface area contributed by atoms with Crippen molar-refractivity contribution < 1.29 is 14.3 Å². The first-order valence-corrected chi connectivity index (χ1v) is 9.02. The normalized spacial score (nSPS) is 10.3. The van der Waals surface area contributed by atoms with Crippen molar-refractivity contribution in [1.29, 1.82) is 0 Å². The molecule has 0 saturated carbocycles. The van der Waals surface area contributed by atoms with Crippen LogP contribution in [-0.4, -0.2) is 19.1 Å². The van der Waals surface area contributed by atoms with Crippen molar-refractivity contribution in [2.24, 2.45) is 0 Å². The van der Waals surface area contributed by atoms with E-state index in [0.717, 1.165) is 23.5 Å². The summed E-state index contributed by atoms with van der Waals surface area (Å²) in [6, 6.07) is 25.3. The molecule has 3 aromatic rings. The SMILES string of the molecule is CCOc1ccc(NC(=O)COc2ccccc2Cc2ccccc2)cc1. The molecule has 0 aromatic heterocycles. The molecule has 0 saturated heterocycles. The Morgan fingerprint density at radius 2 is 1.56 bits per heavy atom. The number of rotatable bonds is 8. The maximum Gasteiger partial charge on any atom is 0.262 e. The average Bonchev–Trinajstić information content (AvgIpc) is 2.70. The number of nitrogens with one attached hydrogen (secondary N) is 1. The Morgan fingerprint density at radius 1 is 0.852 bits per heavy atom. The molecule has 0 radical (unpaired) electrons. The monoisotopic (exact) mass is 361 g/mol. The van der Waals surface area contributed by atoms with Crippen molar-refractivity contribution in [3.8, 4) is 11.5 Å². The highest BCUT2D eigenvalue weighted by atomic mass is 16.5. The lowest BCUT2D eigenvalue weighted by atomic mass is 10.0. The van der Waals surface area contributed by atoms with Gasteiger partial charge in [0.25, 0.3) is 5.91 Å². The van der Waals surface area contributed by atoms with Crippen LogP contribution in [0.1, 0.15) is 18.1 Å². The molecule has 0 fully saturated rings. The van der Waals surface area contributed by atoms with Gasteiger partial charge in [-0.2, -0.15) is 0 Å². The van der Waals surface area contributed by atoms with Crippen LogP contribution >= 0.6 is 0 Å². The summed E-state index contributed by atoms with van der Waals surface area (Å²) in [5.41, 5.74) is 2.97. The molecule has 0 aliphatic heterocycles. The van der Waals surface area contributed by atoms with Crippen molar-refractivity contribution in [2.45, 2.75) is 13.3 Å². The molecule has 0 aliphatic rings. The Kier molecular flexibility index (Phi) is 6.47. The van der Waals surface area contributed by atoms with Crippen LogP contribution in [0.5, 0.6) is 11.5 Å². The summed E-state index contributed by atoms with van der Waals surface area (Å²) in [7, 11) is 0. The molecule has 138 valence electrons. The van der Waals surface area contributed by atoms with Crippen molar-refractivity contribution in [2.75, 3.05) is 18.5 Å². The second kappa shape index (κ2) is 9.43. The minimum absolute atomic E-state index is 0.0426. The third-order valence-electron chi connectivity index (χ3n) is 4.02. The molecule has 3 aromatic carbocycles. The summed E-state index contributed by atoms with van der Waals surface area (Å²) < 4.78 is 11.2. The number of benzene rings is 3. The Labute approximate surface area is 159 Å². The van der Waals surface area contributed by atoms with Gasteiger partial charge in [0.2, 0.25) is 0 Å². The molecule has 0 spiro atoms. The molecule has 1 amide bonds. The van der Waals surface area contributed by atoms with Crippen LogP contribution < -0.4 is 14.8 Å². The van der Waals surface area contributed by atoms with Crippen LogP contribution in [-0.2, 0) is 11.2 Å². The van der Waals surface area contributed by atoms with Crippen molar-refractivity contribution in [3.63, 3.8) is 0 Å². The highest BCUT2D eigenvalue weighted by molar-refractivity contribution is 5.91. The number of anilines is 1. The first-order valence-electron chi connectivity index (χ1n) is 9.02. The fourth-order valence-electron chi connectivity index (χ4n) is 2.75. The number of amides is 1. The van der Waals surface area contributed by atoms with Gasteiger partial charge < -0.3 is 14.8 Å². The van der Waals surface area contributed by atoms with Gasteiger partial charge in [0.1, 0.15) is 11.5 Å². The molecule has 3 rings (SSSR count). The predicted octanol–water partition coefficient (Wildman–Crippen LogP) is 4.69.